The molecular formula is C16H28N4O2. The highest BCUT2D eigenvalue weighted by Crippen LogP contribution is 2.17. The minimum Gasteiger partial charge on any atom is -0.377 e. The van der Waals surface area contributed by atoms with Crippen LogP contribution in [0.5, 0.6) is 0 Å². The van der Waals surface area contributed by atoms with E-state index in [0.29, 0.717) is 5.69 Å². The van der Waals surface area contributed by atoms with Crippen molar-refractivity contribution in [2.75, 3.05) is 40.3 Å². The monoisotopic (exact) mass is 308 g/mol. The summed E-state index contributed by atoms with van der Waals surface area (Å²) in [6.07, 6.45) is 3.80. The predicted molar refractivity (Wildman–Crippen MR) is 86.0 cm³/mol. The summed E-state index contributed by atoms with van der Waals surface area (Å²) in [5.41, 5.74) is 0.682. The summed E-state index contributed by atoms with van der Waals surface area (Å²) in [7, 11) is 4.09. The number of rotatable bonds is 6. The number of hydrogen-bond donors (Lipinski definition) is 0. The minimum absolute atomic E-state index is 0.0814. The van der Waals surface area contributed by atoms with E-state index >= 15 is 0 Å². The molecular weight excluding hydrogens is 280 g/mol. The van der Waals surface area contributed by atoms with E-state index in [1.807, 2.05) is 38.9 Å². The van der Waals surface area contributed by atoms with E-state index in [2.05, 4.69) is 10.00 Å². The van der Waals surface area contributed by atoms with Gasteiger partial charge in [-0.2, -0.15) is 5.10 Å². The Morgan fingerprint density at radius 3 is 2.68 bits per heavy atom. The first-order valence-corrected chi connectivity index (χ1v) is 8.08. The molecule has 124 valence electrons. The second-order valence-electron chi connectivity index (χ2n) is 6.42. The highest BCUT2D eigenvalue weighted by atomic mass is 16.5. The Kier molecular flexibility index (Phi) is 5.97. The van der Waals surface area contributed by atoms with Crippen molar-refractivity contribution in [3.8, 4) is 0 Å². The van der Waals surface area contributed by atoms with Gasteiger partial charge < -0.3 is 14.5 Å². The fourth-order valence-corrected chi connectivity index (χ4v) is 2.68. The zero-order chi connectivity index (χ0) is 16.1. The molecule has 0 unspecified atom stereocenters. The number of carbonyl (C=O) groups excluding carboxylic acids is 1. The molecule has 0 aliphatic carbocycles. The van der Waals surface area contributed by atoms with Crippen LogP contribution in [0.4, 0.5) is 0 Å². The van der Waals surface area contributed by atoms with Crippen molar-refractivity contribution in [1.82, 2.24) is 19.6 Å². The molecule has 2 rings (SSSR count). The van der Waals surface area contributed by atoms with Crippen LogP contribution in [-0.4, -0.2) is 71.9 Å². The molecule has 1 saturated heterocycles. The van der Waals surface area contributed by atoms with Crippen LogP contribution < -0.4 is 0 Å². The maximum absolute atomic E-state index is 12.6. The molecule has 1 fully saturated rings. The van der Waals surface area contributed by atoms with Crippen LogP contribution in [0.3, 0.4) is 0 Å². The first kappa shape index (κ1) is 17.0. The fourth-order valence-electron chi connectivity index (χ4n) is 2.68. The Hall–Kier alpha value is -1.40. The Balaban J connectivity index is 1.83. The Morgan fingerprint density at radius 2 is 2.09 bits per heavy atom. The smallest absolute Gasteiger partial charge is 0.272 e. The van der Waals surface area contributed by atoms with Gasteiger partial charge in [-0.25, -0.2) is 0 Å². The molecule has 1 aliphatic heterocycles. The van der Waals surface area contributed by atoms with E-state index in [9.17, 15) is 4.79 Å². The summed E-state index contributed by atoms with van der Waals surface area (Å²) < 4.78 is 7.67. The van der Waals surface area contributed by atoms with Gasteiger partial charge in [0.1, 0.15) is 5.69 Å². The molecule has 1 aromatic rings. The molecule has 6 heteroatoms. The van der Waals surface area contributed by atoms with Gasteiger partial charge in [-0.3, -0.25) is 9.48 Å². The molecule has 0 aromatic carbocycles. The highest BCUT2D eigenvalue weighted by Gasteiger charge is 2.26. The highest BCUT2D eigenvalue weighted by molar-refractivity contribution is 5.92. The second kappa shape index (κ2) is 7.74. The van der Waals surface area contributed by atoms with Crippen molar-refractivity contribution in [2.45, 2.75) is 38.8 Å². The van der Waals surface area contributed by atoms with E-state index in [1.165, 1.54) is 0 Å². The van der Waals surface area contributed by atoms with Crippen molar-refractivity contribution < 1.29 is 9.53 Å². The number of aromatic nitrogens is 2. The molecule has 0 saturated carbocycles. The van der Waals surface area contributed by atoms with E-state index < -0.39 is 0 Å². The largest absolute Gasteiger partial charge is 0.377 e. The van der Waals surface area contributed by atoms with Crippen LogP contribution in [0, 0.1) is 0 Å². The summed E-state index contributed by atoms with van der Waals surface area (Å²) in [5.74, 6) is 0.0814. The van der Waals surface area contributed by atoms with Gasteiger partial charge >= 0.3 is 0 Å². The maximum atomic E-state index is 12.6. The summed E-state index contributed by atoms with van der Waals surface area (Å²) >= 11 is 0. The third-order valence-corrected chi connectivity index (χ3v) is 4.00. The molecule has 1 amide bonds. The number of hydrogen-bond acceptors (Lipinski definition) is 4. The van der Waals surface area contributed by atoms with Gasteiger partial charge in [0.15, 0.2) is 0 Å². The first-order valence-electron chi connectivity index (χ1n) is 8.08. The number of ether oxygens (including phenoxy) is 1. The van der Waals surface area contributed by atoms with Crippen molar-refractivity contribution in [2.24, 2.45) is 0 Å². The van der Waals surface area contributed by atoms with Crippen LogP contribution in [0.2, 0.25) is 0 Å². The van der Waals surface area contributed by atoms with Crippen LogP contribution in [0.1, 0.15) is 43.2 Å². The number of likely N-dealkylation sites (tertiary alicyclic amines) is 1. The van der Waals surface area contributed by atoms with E-state index in [4.69, 9.17) is 4.74 Å². The Labute approximate surface area is 133 Å². The van der Waals surface area contributed by atoms with E-state index in [-0.39, 0.29) is 18.1 Å². The zero-order valence-corrected chi connectivity index (χ0v) is 14.2. The number of likely N-dealkylation sites (N-methyl/N-ethyl adjacent to an activating group) is 1. The standard InChI is InChI=1S/C16H28N4O2/c1-13(2)20-15(5-8-17-20)16(21)19-9-6-14(7-10-19)22-12-11-18(3)4/h5,8,13-14H,6-7,9-12H2,1-4H3. The third kappa shape index (κ3) is 4.30. The van der Waals surface area contributed by atoms with Gasteiger partial charge in [0.25, 0.3) is 5.91 Å². The Bertz CT molecular complexity index is 476. The minimum atomic E-state index is 0.0814. The normalized spacial score (nSPS) is 16.7. The summed E-state index contributed by atoms with van der Waals surface area (Å²) in [4.78, 5) is 16.6. The van der Waals surface area contributed by atoms with Crippen LogP contribution in [-0.2, 0) is 4.74 Å². The first-order chi connectivity index (χ1) is 10.5. The second-order valence-corrected chi connectivity index (χ2v) is 6.42. The van der Waals surface area contributed by atoms with Gasteiger partial charge in [-0.1, -0.05) is 0 Å². The van der Waals surface area contributed by atoms with Crippen molar-refractivity contribution in [3.63, 3.8) is 0 Å². The summed E-state index contributed by atoms with van der Waals surface area (Å²) in [6, 6.07) is 2.00. The number of nitrogens with zero attached hydrogens (tertiary/aromatic N) is 4. The molecule has 0 bridgehead atoms. The number of carbonyl (C=O) groups is 1. The molecule has 6 nitrogen and oxygen atoms in total. The van der Waals surface area contributed by atoms with E-state index in [1.54, 1.807) is 10.9 Å². The molecule has 1 aliphatic rings. The molecule has 2 heterocycles. The molecule has 22 heavy (non-hydrogen) atoms. The van der Waals surface area contributed by atoms with Crippen LogP contribution in [0.25, 0.3) is 0 Å². The molecule has 0 spiro atoms. The molecule has 1 aromatic heterocycles. The van der Waals surface area contributed by atoms with Gasteiger partial charge in [0.05, 0.1) is 12.7 Å². The maximum Gasteiger partial charge on any atom is 0.272 e. The van der Waals surface area contributed by atoms with Gasteiger partial charge in [0, 0.05) is 31.9 Å². The van der Waals surface area contributed by atoms with Gasteiger partial charge in [-0.15, -0.1) is 0 Å². The van der Waals surface area contributed by atoms with Crippen molar-refractivity contribution in [3.05, 3.63) is 18.0 Å². The number of piperidine rings is 1. The third-order valence-electron chi connectivity index (χ3n) is 4.00. The summed E-state index contributed by atoms with van der Waals surface area (Å²) in [5, 5.41) is 4.24. The predicted octanol–water partition coefficient (Wildman–Crippen LogP) is 1.65. The average molecular weight is 308 g/mol. The topological polar surface area (TPSA) is 50.6 Å². The van der Waals surface area contributed by atoms with Crippen molar-refractivity contribution in [1.29, 1.82) is 0 Å². The molecule has 0 N–H and O–H groups in total. The molecule has 0 atom stereocenters. The lowest BCUT2D eigenvalue weighted by molar-refractivity contribution is 0.00362. The van der Waals surface area contributed by atoms with Crippen LogP contribution in [0.15, 0.2) is 12.3 Å². The lowest BCUT2D eigenvalue weighted by Crippen LogP contribution is -2.42. The average Bonchev–Trinajstić information content (AvgIpc) is 2.96. The van der Waals surface area contributed by atoms with Crippen molar-refractivity contribution >= 4 is 5.91 Å². The van der Waals surface area contributed by atoms with E-state index in [0.717, 1.165) is 39.1 Å². The number of amides is 1. The van der Waals surface area contributed by atoms with Crippen LogP contribution >= 0.6 is 0 Å². The zero-order valence-electron chi connectivity index (χ0n) is 14.2. The SMILES string of the molecule is CC(C)n1nccc1C(=O)N1CCC(OCCN(C)C)CC1. The van der Waals surface area contributed by atoms with Gasteiger partial charge in [0.2, 0.25) is 0 Å². The fraction of sp³-hybridized carbons (Fsp3) is 0.750. The quantitative estimate of drug-likeness (QED) is 0.802. The van der Waals surface area contributed by atoms with Gasteiger partial charge in [-0.05, 0) is 46.9 Å². The lowest BCUT2D eigenvalue weighted by atomic mass is 10.1. The summed E-state index contributed by atoms with van der Waals surface area (Å²) in [6.45, 7) is 7.28. The molecule has 0 radical (unpaired) electrons. The Morgan fingerprint density at radius 1 is 1.41 bits per heavy atom. The lowest BCUT2D eigenvalue weighted by Gasteiger charge is -2.32.